The molecule has 9 heterocycles. The van der Waals surface area contributed by atoms with Crippen molar-refractivity contribution in [2.24, 2.45) is 11.8 Å². The predicted molar refractivity (Wildman–Crippen MR) is 380 cm³/mol. The van der Waals surface area contributed by atoms with Gasteiger partial charge in [0.1, 0.15) is 6.61 Å². The number of hydrogen-bond donors (Lipinski definition) is 4. The smallest absolute Gasteiger partial charge is 0.378 e. The number of nitrogens with zero attached hydrogens (tertiary/aromatic N) is 5. The van der Waals surface area contributed by atoms with E-state index in [-0.39, 0.29) is 35.7 Å². The Hall–Kier alpha value is -7.02. The van der Waals surface area contributed by atoms with Crippen LogP contribution in [0.25, 0.3) is 22.5 Å². The number of pyridine rings is 4. The molecule has 530 valence electrons. The Morgan fingerprint density at radius 3 is 1.43 bits per heavy atom. The summed E-state index contributed by atoms with van der Waals surface area (Å²) in [6.45, 7) is 9.32. The van der Waals surface area contributed by atoms with Crippen LogP contribution in [0.1, 0.15) is 79.5 Å². The van der Waals surface area contributed by atoms with E-state index in [0.29, 0.717) is 45.4 Å². The fraction of sp³-hybridized carbons (Fsp3) is 0.389. The van der Waals surface area contributed by atoms with Gasteiger partial charge >= 0.3 is 15.6 Å². The number of benzene rings is 4. The van der Waals surface area contributed by atoms with Crippen molar-refractivity contribution in [1.29, 1.82) is 0 Å². The molecule has 0 amide bonds. The Morgan fingerprint density at radius 2 is 1.01 bits per heavy atom. The molecule has 0 spiro atoms. The van der Waals surface area contributed by atoms with Crippen LogP contribution in [0.2, 0.25) is 0 Å². The minimum Gasteiger partial charge on any atom is -0.378 e. The molecule has 3 saturated heterocycles. The monoisotopic (exact) mass is 1470 g/mol. The molecule has 4 aromatic heterocycles. The van der Waals surface area contributed by atoms with Crippen LogP contribution in [-0.4, -0.2) is 130 Å². The van der Waals surface area contributed by atoms with Crippen molar-refractivity contribution in [3.63, 3.8) is 0 Å². The molecule has 100 heavy (non-hydrogen) atoms. The highest BCUT2D eigenvalue weighted by molar-refractivity contribution is 8.05. The SMILES string of the molecule is Cc1ccc(C(Nc2ccc3c(c2)Sc2cccc(-c4cc(N5CCOCC5)cc(=O)[nH]4)c2S3)C2CCCCC2)nc1.Cc1ccc(C(Nc2ccc3c(c2)Sc2cccc(-c4cc(N5CCOCC5)cc(=O)[nH]4)c2S3)C2CCN(CC(F)F)CC2)nc1.O=S(=O)(OCC(F)F)C(F)(F)F. The fourth-order valence-corrected chi connectivity index (χ4v) is 18.3. The Morgan fingerprint density at radius 1 is 0.550 bits per heavy atom. The first-order valence-electron chi connectivity index (χ1n) is 33.2. The van der Waals surface area contributed by atoms with Gasteiger partial charge in [-0.25, -0.2) is 17.6 Å². The van der Waals surface area contributed by atoms with Crippen LogP contribution in [0.15, 0.2) is 182 Å². The van der Waals surface area contributed by atoms with Gasteiger partial charge in [0.15, 0.2) is 0 Å². The van der Waals surface area contributed by atoms with Crippen molar-refractivity contribution >= 4 is 79.9 Å². The quantitative estimate of drug-likeness (QED) is 0.0383. The lowest BCUT2D eigenvalue weighted by molar-refractivity contribution is -0.0572. The highest BCUT2D eigenvalue weighted by Gasteiger charge is 2.47. The first kappa shape index (κ1) is 72.8. The first-order chi connectivity index (χ1) is 48.2. The highest BCUT2D eigenvalue weighted by Crippen LogP contribution is 2.54. The summed E-state index contributed by atoms with van der Waals surface area (Å²) in [6.07, 6.45) is 6.40. The predicted octanol–water partition coefficient (Wildman–Crippen LogP) is 16.4. The molecular weight excluding hydrogens is 1400 g/mol. The number of anilines is 4. The zero-order valence-corrected chi connectivity index (χ0v) is 59.0. The third-order valence-corrected chi connectivity index (χ3v) is 24.3. The van der Waals surface area contributed by atoms with E-state index >= 15 is 0 Å². The molecular formula is C72H76F7N9O7S5. The van der Waals surface area contributed by atoms with Gasteiger partial charge in [-0.3, -0.25) is 28.6 Å². The van der Waals surface area contributed by atoms with Crippen LogP contribution in [-0.2, 0) is 23.8 Å². The largest absolute Gasteiger partial charge is 0.523 e. The number of H-pyrrole nitrogens is 2. The Bertz CT molecular complexity index is 4360. The molecule has 4 N–H and O–H groups in total. The van der Waals surface area contributed by atoms with Gasteiger partial charge in [-0.2, -0.15) is 21.6 Å². The summed E-state index contributed by atoms with van der Waals surface area (Å²) < 4.78 is 116. The van der Waals surface area contributed by atoms with E-state index in [4.69, 9.17) is 19.4 Å². The Kier molecular flexibility index (Phi) is 24.0. The van der Waals surface area contributed by atoms with Crippen molar-refractivity contribution in [2.75, 3.05) is 99.3 Å². The van der Waals surface area contributed by atoms with E-state index in [1.54, 1.807) is 59.2 Å². The Balaban J connectivity index is 0.000000164. The lowest BCUT2D eigenvalue weighted by Gasteiger charge is -2.36. The zero-order valence-electron chi connectivity index (χ0n) is 54.9. The third kappa shape index (κ3) is 18.4. The second-order valence-electron chi connectivity index (χ2n) is 25.2. The van der Waals surface area contributed by atoms with E-state index in [2.05, 4.69) is 145 Å². The molecule has 6 aliphatic rings. The number of hydrogen-bond acceptors (Lipinski definition) is 18. The van der Waals surface area contributed by atoms with Crippen LogP contribution in [0.4, 0.5) is 53.5 Å². The van der Waals surface area contributed by atoms with Gasteiger partial charge in [0.25, 0.3) is 12.9 Å². The van der Waals surface area contributed by atoms with Crippen molar-refractivity contribution in [1.82, 2.24) is 24.8 Å². The van der Waals surface area contributed by atoms with Gasteiger partial charge in [-0.1, -0.05) is 103 Å². The molecule has 16 nitrogen and oxygen atoms in total. The number of rotatable bonds is 17. The molecule has 2 unspecified atom stereocenters. The number of nitrogens with one attached hydrogen (secondary N) is 4. The first-order valence-corrected chi connectivity index (χ1v) is 37.9. The van der Waals surface area contributed by atoms with E-state index in [0.717, 1.165) is 121 Å². The zero-order chi connectivity index (χ0) is 70.1. The van der Waals surface area contributed by atoms with Gasteiger partial charge < -0.3 is 39.9 Å². The van der Waals surface area contributed by atoms with Gasteiger partial charge in [-0.05, 0) is 148 Å². The molecule has 1 saturated carbocycles. The van der Waals surface area contributed by atoms with Gasteiger partial charge in [0.05, 0.1) is 67.8 Å². The molecule has 1 aliphatic carbocycles. The van der Waals surface area contributed by atoms with Crippen molar-refractivity contribution in [3.05, 3.63) is 177 Å². The maximum absolute atomic E-state index is 13.0. The molecule has 14 rings (SSSR count). The molecule has 8 aromatic rings. The molecule has 0 radical (unpaired) electrons. The minimum atomic E-state index is -5.87. The average molecular weight is 1470 g/mol. The maximum Gasteiger partial charge on any atom is 0.523 e. The van der Waals surface area contributed by atoms with E-state index in [1.807, 2.05) is 30.3 Å². The molecule has 2 atom stereocenters. The topological polar surface area (TPSA) is 187 Å². The normalized spacial score (nSPS) is 17.4. The molecule has 4 fully saturated rings. The van der Waals surface area contributed by atoms with E-state index in [9.17, 15) is 48.7 Å². The van der Waals surface area contributed by atoms with Crippen LogP contribution in [0.3, 0.4) is 0 Å². The summed E-state index contributed by atoms with van der Waals surface area (Å²) >= 11 is 7.06. The van der Waals surface area contributed by atoms with Crippen LogP contribution in [0.5, 0.6) is 0 Å². The van der Waals surface area contributed by atoms with Crippen molar-refractivity contribution in [3.8, 4) is 22.5 Å². The summed E-state index contributed by atoms with van der Waals surface area (Å²) in [5.74, 6) is 0.867. The summed E-state index contributed by atoms with van der Waals surface area (Å²) in [5, 5.41) is 7.69. The third-order valence-electron chi connectivity index (χ3n) is 18.1. The lowest BCUT2D eigenvalue weighted by Crippen LogP contribution is -2.39. The minimum absolute atomic E-state index is 0.0250. The molecule has 5 aliphatic heterocycles. The summed E-state index contributed by atoms with van der Waals surface area (Å²) in [7, 11) is -5.87. The van der Waals surface area contributed by atoms with Crippen LogP contribution < -0.4 is 31.6 Å². The van der Waals surface area contributed by atoms with Crippen molar-refractivity contribution < 1.29 is 52.8 Å². The molecule has 4 aromatic carbocycles. The summed E-state index contributed by atoms with van der Waals surface area (Å²) in [5.41, 5.74) is 6.33. The second-order valence-corrected chi connectivity index (χ2v) is 31.1. The molecule has 0 bridgehead atoms. The molecule has 28 heteroatoms. The number of fused-ring (bicyclic) bond motifs is 4. The van der Waals surface area contributed by atoms with E-state index < -0.39 is 35.1 Å². The number of piperidine rings is 1. The number of morpholine rings is 2. The van der Waals surface area contributed by atoms with Gasteiger partial charge in [0.2, 0.25) is 11.1 Å². The summed E-state index contributed by atoms with van der Waals surface area (Å²) in [4.78, 5) is 57.1. The fourth-order valence-electron chi connectivity index (χ4n) is 13.1. The number of likely N-dealkylation sites (tertiary alicyclic amines) is 1. The maximum atomic E-state index is 13.0. The standard InChI is InChI=1S/C35H37F2N5O2S2.C34H36N4O2S2.C3H3F5O3S/c1-22-5-7-27(38-20-22)34(23-9-11-41(12-10-23)21-32(36)37)39-24-6-8-29-31(17-24)45-30-4-2-3-26(35(30)46-29)28-18-25(19-33(43)40-28)42-13-15-44-16-14-42;1-22-10-12-27(35-21-22)33(23-6-3-2-4-7-23)36-24-11-13-29-31(18-24)41-30-9-5-8-26(34(30)42-29)28-19-25(20-32(39)37-28)38-14-16-40-17-15-38;4-2(5)1-11-12(9,10)3(6,7)8/h2-8,17-20,23,32,34,39H,9-16,21H2,1H3,(H,40,43);5,8-13,18-21,23,33,36H,2-4,6-7,14-17H2,1H3,(H,37,39);2H,1H2. The van der Waals surface area contributed by atoms with Gasteiger partial charge in [-0.15, -0.1) is 0 Å². The highest BCUT2D eigenvalue weighted by atomic mass is 32.2. The number of alkyl halides is 7. The number of aryl methyl sites for hydroxylation is 2. The number of aromatic nitrogens is 4. The summed E-state index contributed by atoms with van der Waals surface area (Å²) in [6, 6.07) is 42.2. The van der Waals surface area contributed by atoms with Crippen molar-refractivity contribution in [2.45, 2.75) is 128 Å². The Labute approximate surface area is 592 Å². The number of ether oxygens (including phenoxy) is 2. The number of aromatic amines is 2. The number of halogens is 7. The van der Waals surface area contributed by atoms with E-state index in [1.165, 1.54) is 57.2 Å². The lowest BCUT2D eigenvalue weighted by atomic mass is 9.82. The second kappa shape index (κ2) is 33.0. The van der Waals surface area contributed by atoms with Gasteiger partial charge in [0, 0.05) is 124 Å². The van der Waals surface area contributed by atoms with Crippen LogP contribution in [0, 0.1) is 25.7 Å². The average Bonchev–Trinajstić information content (AvgIpc) is 0.771. The van der Waals surface area contributed by atoms with Crippen LogP contribution >= 0.6 is 47.0 Å².